The topological polar surface area (TPSA) is 225 Å². The number of aryl methyl sites for hydroxylation is 8. The van der Waals surface area contributed by atoms with Gasteiger partial charge < -0.3 is 80.5 Å². The molecule has 0 bridgehead atoms. The van der Waals surface area contributed by atoms with Crippen LogP contribution < -0.4 is 51.1 Å². The Morgan fingerprint density at radius 3 is 0.820 bits per heavy atom. The normalized spacial score (nSPS) is 16.6. The van der Waals surface area contributed by atoms with Crippen molar-refractivity contribution in [2.75, 3.05) is 231 Å². The summed E-state index contributed by atoms with van der Waals surface area (Å²) < 4.78 is 0. The third-order valence-corrected chi connectivity index (χ3v) is 31.4. The van der Waals surface area contributed by atoms with Gasteiger partial charge in [-0.1, -0.05) is 174 Å². The summed E-state index contributed by atoms with van der Waals surface area (Å²) in [6.07, 6.45) is 29.9. The van der Waals surface area contributed by atoms with Crippen molar-refractivity contribution in [2.45, 2.75) is 134 Å². The second-order valence-corrected chi connectivity index (χ2v) is 43.3. The summed E-state index contributed by atoms with van der Waals surface area (Å²) in [4.78, 5) is 71.5. The summed E-state index contributed by atoms with van der Waals surface area (Å²) in [7, 11) is 13.1. The van der Waals surface area contributed by atoms with Crippen LogP contribution in [-0.4, -0.2) is 265 Å². The molecule has 1 unspecified atom stereocenters. The molecule has 26 nitrogen and oxygen atoms in total. The maximum Gasteiger partial charge on any atom is 0.227 e. The van der Waals surface area contributed by atoms with Crippen molar-refractivity contribution in [3.8, 4) is 0 Å². The first kappa shape index (κ1) is 112. The van der Waals surface area contributed by atoms with E-state index in [0.29, 0.717) is 70.9 Å². The van der Waals surface area contributed by atoms with E-state index in [1.54, 1.807) is 37.1 Å². The van der Waals surface area contributed by atoms with Gasteiger partial charge in [0.2, 0.25) is 29.7 Å². The second kappa shape index (κ2) is 57.6. The number of halogens is 7. The van der Waals surface area contributed by atoms with Crippen LogP contribution >= 0.6 is 81.2 Å². The van der Waals surface area contributed by atoms with E-state index < -0.39 is 0 Å². The molecular weight excluding hydrogens is 2020 g/mol. The number of unbranched alkanes of at least 4 members (excludes halogenated alkanes) is 1. The van der Waals surface area contributed by atoms with Crippen molar-refractivity contribution in [3.05, 3.63) is 311 Å². The minimum absolute atomic E-state index is 0.543. The largest absolute Gasteiger partial charge is 0.369 e. The van der Waals surface area contributed by atoms with E-state index in [0.717, 1.165) is 283 Å². The number of likely N-dealkylation sites (N-methyl/N-ethyl adjacent to an activating group) is 5. The number of hydrogen-bond acceptors (Lipinski definition) is 26. The Morgan fingerprint density at radius 2 is 0.527 bits per heavy atom. The van der Waals surface area contributed by atoms with E-state index >= 15 is 0 Å². The lowest BCUT2D eigenvalue weighted by Gasteiger charge is -2.34. The third-order valence-electron chi connectivity index (χ3n) is 29.3. The van der Waals surface area contributed by atoms with E-state index in [1.165, 1.54) is 91.1 Å². The molecule has 13 aromatic rings. The zero-order valence-electron chi connectivity index (χ0n) is 87.6. The van der Waals surface area contributed by atoms with Crippen LogP contribution in [0.15, 0.2) is 231 Å². The first-order chi connectivity index (χ1) is 73.1. The SMILES string of the molecule is CN1CCN(c2ccc(Nc3ncc(Cl)c(CCC4CCCC4)n3)cc2)CC1.CN1CCN(c2ccc(Nc3ncc(Cl)c(CCC4CCCN4C)n3)cc2)CC1.CN1CCN(c2ccc(Nc3ncc(Cl)c(CCCCc4ccccc4)n3)cc2)CC1.CN1CCN(c2ccc(Nc3ncc(Cl)c(CCCc4ccc(Cl)cc4Cl)n3)cc2)CC1.CN1CCN(c2ccc(Nc3ncc(Cl)c(CCCc4ccccc4)n3)cc2)CC1. The second-order valence-electron chi connectivity index (χ2n) is 40.4. The maximum absolute atomic E-state index is 6.36. The monoisotopic (exact) mass is 2160 g/mol. The lowest BCUT2D eigenvalue weighted by molar-refractivity contribution is 0.296. The predicted octanol–water partition coefficient (Wildman–Crippen LogP) is 24.5. The molecule has 0 amide bonds. The Kier molecular flexibility index (Phi) is 42.8. The van der Waals surface area contributed by atoms with E-state index in [2.05, 4.69) is 349 Å². The van der Waals surface area contributed by atoms with E-state index in [4.69, 9.17) is 81.2 Å². The third kappa shape index (κ3) is 35.0. The predicted molar refractivity (Wildman–Crippen MR) is 627 cm³/mol. The van der Waals surface area contributed by atoms with Crippen molar-refractivity contribution < 1.29 is 0 Å². The maximum atomic E-state index is 6.36. The highest BCUT2D eigenvalue weighted by molar-refractivity contribution is 6.35. The van der Waals surface area contributed by atoms with Gasteiger partial charge in [-0.25, -0.2) is 49.8 Å². The summed E-state index contributed by atoms with van der Waals surface area (Å²) in [6, 6.07) is 69.8. The van der Waals surface area contributed by atoms with Gasteiger partial charge in [-0.15, -0.1) is 0 Å². The number of hydrogen-bond donors (Lipinski definition) is 5. The summed E-state index contributed by atoms with van der Waals surface area (Å²) in [5.74, 6) is 3.79. The van der Waals surface area contributed by atoms with Crippen molar-refractivity contribution >= 4 is 168 Å². The molecule has 1 atom stereocenters. The van der Waals surface area contributed by atoms with Crippen LogP contribution in [0.5, 0.6) is 0 Å². The minimum Gasteiger partial charge on any atom is -0.369 e. The zero-order valence-corrected chi connectivity index (χ0v) is 92.9. The molecule has 7 fully saturated rings. The average Bonchev–Trinajstić information content (AvgIpc) is 1.10. The first-order valence-corrected chi connectivity index (χ1v) is 56.0. The van der Waals surface area contributed by atoms with Gasteiger partial charge in [-0.2, -0.15) is 0 Å². The van der Waals surface area contributed by atoms with Crippen molar-refractivity contribution in [1.29, 1.82) is 0 Å². The van der Waals surface area contributed by atoms with E-state index in [-0.39, 0.29) is 0 Å². The van der Waals surface area contributed by atoms with Crippen LogP contribution in [0, 0.1) is 5.92 Å². The Labute approximate surface area is 922 Å². The number of anilines is 15. The molecule has 792 valence electrons. The molecule has 150 heavy (non-hydrogen) atoms. The molecule has 11 heterocycles. The van der Waals surface area contributed by atoms with Crippen LogP contribution in [-0.2, 0) is 51.4 Å². The smallest absolute Gasteiger partial charge is 0.227 e. The summed E-state index contributed by atoms with van der Waals surface area (Å²) in [5, 5.41) is 21.1. The van der Waals surface area contributed by atoms with Crippen molar-refractivity contribution in [3.63, 3.8) is 0 Å². The fourth-order valence-corrected chi connectivity index (χ4v) is 21.2. The fourth-order valence-electron chi connectivity index (χ4n) is 19.8. The standard InChI is InChI=1S/C25H30ClN5.C24H26Cl3N5.C24H28ClN5.C22H31ClN6.C22H30ClN5/c1-30-15-17-31(18-16-30)22-13-11-21(12-14-22)28-25-27-19-23(26)24(29-25)10-6-5-9-20-7-3-2-4-8-20;1-31-11-13-32(14-12-31)20-9-7-19(8-10-20)29-24-28-16-22(27)23(30-24)4-2-3-17-5-6-18(25)15-21(17)26;1-29-14-16-30(17-15-29)21-12-10-20(11-13-21)27-24-26-18-22(25)23(28-24)9-5-8-19-6-3-2-4-7-19;1-27-12-14-29(15-13-27)19-7-5-17(6-8-19)25-22-24-16-20(23)21(26-22)10-9-18-4-3-11-28(18)2;1-27-12-14-28(15-13-27)19-9-7-18(8-10-19)25-22-24-16-20(23)21(26-22)11-6-17-4-2-3-5-17/h2-4,7-8,11-14,19H,5-6,9-10,15-18H2,1H3,(H,27,28,29);5-10,15-16H,2-4,11-14H2,1H3,(H,28,29,30);2-4,6-7,10-13,18H,5,8-9,14-17H2,1H3,(H,26,27,28);5-8,16,18H,3-4,9-15H2,1-2H3,(H,24,25,26);7-10,16-17H,2-6,11-15H2,1H3,(H,24,25,26). The first-order valence-electron chi connectivity index (χ1n) is 53.4. The number of nitrogens with zero attached hydrogens (tertiary/aromatic N) is 21. The molecular formula is C117H145Cl7N26. The number of piperazine rings is 5. The van der Waals surface area contributed by atoms with Crippen LogP contribution in [0.4, 0.5) is 86.6 Å². The molecule has 0 spiro atoms. The number of aromatic nitrogens is 10. The van der Waals surface area contributed by atoms with Crippen LogP contribution in [0.2, 0.25) is 35.2 Å². The highest BCUT2D eigenvalue weighted by atomic mass is 35.5. The number of rotatable bonds is 34. The molecule has 7 aliphatic rings. The Morgan fingerprint density at radius 1 is 0.253 bits per heavy atom. The van der Waals surface area contributed by atoms with Crippen LogP contribution in [0.25, 0.3) is 0 Å². The van der Waals surface area contributed by atoms with Crippen molar-refractivity contribution in [1.82, 2.24) is 79.2 Å². The van der Waals surface area contributed by atoms with Crippen LogP contribution in [0.1, 0.15) is 122 Å². The van der Waals surface area contributed by atoms with Gasteiger partial charge in [-0.3, -0.25) is 0 Å². The molecule has 8 aromatic carbocycles. The highest BCUT2D eigenvalue weighted by Crippen LogP contribution is 2.35. The molecule has 20 rings (SSSR count). The molecule has 6 saturated heterocycles. The molecule has 1 aliphatic carbocycles. The molecule has 5 aromatic heterocycles. The Bertz CT molecular complexity index is 6270. The Hall–Kier alpha value is -11.1. The van der Waals surface area contributed by atoms with Gasteiger partial charge in [0.15, 0.2) is 0 Å². The van der Waals surface area contributed by atoms with E-state index in [9.17, 15) is 0 Å². The van der Waals surface area contributed by atoms with Gasteiger partial charge >= 0.3 is 0 Å². The Balaban J connectivity index is 0.000000134. The van der Waals surface area contributed by atoms with Gasteiger partial charge in [0.05, 0.1) is 84.6 Å². The van der Waals surface area contributed by atoms with Gasteiger partial charge in [0.25, 0.3) is 0 Å². The number of nitrogens with one attached hydrogen (secondary N) is 5. The molecule has 33 heteroatoms. The van der Waals surface area contributed by atoms with Gasteiger partial charge in [-0.05, 0) is 308 Å². The molecule has 5 N–H and O–H groups in total. The van der Waals surface area contributed by atoms with Crippen LogP contribution in [0.3, 0.4) is 0 Å². The number of likely N-dealkylation sites (tertiary alicyclic amines) is 1. The minimum atomic E-state index is 0.543. The zero-order chi connectivity index (χ0) is 104. The molecule has 0 radical (unpaired) electrons. The highest BCUT2D eigenvalue weighted by Gasteiger charge is 2.26. The molecule has 1 saturated carbocycles. The van der Waals surface area contributed by atoms with Crippen molar-refractivity contribution in [2.24, 2.45) is 5.92 Å². The summed E-state index contributed by atoms with van der Waals surface area (Å²) >= 11 is 44.0. The summed E-state index contributed by atoms with van der Waals surface area (Å²) in [6.45, 7) is 22.9. The average molecular weight is 2160 g/mol. The quantitative estimate of drug-likeness (QED) is 0.0236. The van der Waals surface area contributed by atoms with Gasteiger partial charge in [0, 0.05) is 204 Å². The lowest BCUT2D eigenvalue weighted by Crippen LogP contribution is -2.44. The molecule has 6 aliphatic heterocycles. The van der Waals surface area contributed by atoms with Gasteiger partial charge in [0.1, 0.15) is 0 Å². The number of benzene rings is 8. The van der Waals surface area contributed by atoms with E-state index in [1.807, 2.05) is 18.2 Å². The summed E-state index contributed by atoms with van der Waals surface area (Å²) in [5.41, 5.74) is 19.5. The lowest BCUT2D eigenvalue weighted by atomic mass is 10.0. The fraction of sp³-hybridized carbons (Fsp3) is 0.419.